The monoisotopic (exact) mass is 257 g/mol. The van der Waals surface area contributed by atoms with E-state index in [0.717, 1.165) is 22.2 Å². The number of aromatic nitrogens is 1. The van der Waals surface area contributed by atoms with Gasteiger partial charge in [-0.15, -0.1) is 11.3 Å². The lowest BCUT2D eigenvalue weighted by Crippen LogP contribution is -1.98. The SMILES string of the molecule is Cc1ncsc1C(=O)c1cc2cccc(C)c2o1. The third-order valence-electron chi connectivity index (χ3n) is 2.92. The number of benzene rings is 1. The standard InChI is InChI=1S/C14H11NO2S/c1-8-4-3-5-10-6-11(17-13(8)10)12(16)14-9(2)15-7-18-14/h3-7H,1-2H3. The zero-order valence-electron chi connectivity index (χ0n) is 10.1. The van der Waals surface area contributed by atoms with Crippen molar-refractivity contribution in [2.75, 3.05) is 0 Å². The second-order valence-electron chi connectivity index (χ2n) is 4.20. The molecular formula is C14H11NO2S. The quantitative estimate of drug-likeness (QED) is 0.657. The van der Waals surface area contributed by atoms with E-state index in [4.69, 9.17) is 4.42 Å². The summed E-state index contributed by atoms with van der Waals surface area (Å²) < 4.78 is 5.67. The molecule has 0 fully saturated rings. The van der Waals surface area contributed by atoms with E-state index >= 15 is 0 Å². The Bertz CT molecular complexity index is 739. The van der Waals surface area contributed by atoms with Crippen molar-refractivity contribution in [3.8, 4) is 0 Å². The second-order valence-corrected chi connectivity index (χ2v) is 5.05. The van der Waals surface area contributed by atoms with Crippen LogP contribution in [0, 0.1) is 13.8 Å². The normalized spacial score (nSPS) is 11.0. The van der Waals surface area contributed by atoms with Gasteiger partial charge in [0.1, 0.15) is 10.5 Å². The zero-order chi connectivity index (χ0) is 12.7. The van der Waals surface area contributed by atoms with Gasteiger partial charge in [0.05, 0.1) is 11.2 Å². The topological polar surface area (TPSA) is 43.1 Å². The molecule has 0 radical (unpaired) electrons. The third-order valence-corrected chi connectivity index (χ3v) is 3.84. The molecule has 0 amide bonds. The maximum Gasteiger partial charge on any atom is 0.240 e. The molecule has 0 aliphatic rings. The summed E-state index contributed by atoms with van der Waals surface area (Å²) in [6.45, 7) is 3.80. The molecule has 4 heteroatoms. The molecule has 3 aromatic rings. The number of nitrogens with zero attached hydrogens (tertiary/aromatic N) is 1. The Kier molecular flexibility index (Phi) is 2.52. The number of rotatable bonds is 2. The highest BCUT2D eigenvalue weighted by Gasteiger charge is 2.18. The fourth-order valence-electron chi connectivity index (χ4n) is 1.95. The number of para-hydroxylation sites is 1. The molecule has 0 saturated heterocycles. The van der Waals surface area contributed by atoms with E-state index < -0.39 is 0 Å². The van der Waals surface area contributed by atoms with Gasteiger partial charge in [0.25, 0.3) is 0 Å². The summed E-state index contributed by atoms with van der Waals surface area (Å²) in [5.41, 5.74) is 4.24. The maximum atomic E-state index is 12.3. The Morgan fingerprint density at radius 3 is 2.83 bits per heavy atom. The van der Waals surface area contributed by atoms with E-state index in [2.05, 4.69) is 4.98 Å². The third kappa shape index (κ3) is 1.66. The molecule has 0 atom stereocenters. The van der Waals surface area contributed by atoms with Crippen LogP contribution in [0.4, 0.5) is 0 Å². The van der Waals surface area contributed by atoms with Crippen LogP contribution in [0.2, 0.25) is 0 Å². The van der Waals surface area contributed by atoms with Crippen molar-refractivity contribution >= 4 is 28.1 Å². The molecule has 2 aromatic heterocycles. The Labute approximate surface area is 108 Å². The van der Waals surface area contributed by atoms with Crippen molar-refractivity contribution in [3.05, 3.63) is 51.7 Å². The van der Waals surface area contributed by atoms with Gasteiger partial charge in [-0.2, -0.15) is 0 Å². The summed E-state index contributed by atoms with van der Waals surface area (Å²) in [5, 5.41) is 0.959. The van der Waals surface area contributed by atoms with E-state index in [1.807, 2.05) is 32.0 Å². The van der Waals surface area contributed by atoms with Crippen molar-refractivity contribution in [2.24, 2.45) is 0 Å². The largest absolute Gasteiger partial charge is 0.452 e. The minimum Gasteiger partial charge on any atom is -0.452 e. The molecule has 0 saturated carbocycles. The van der Waals surface area contributed by atoms with Crippen LogP contribution in [0.5, 0.6) is 0 Å². The first-order valence-electron chi connectivity index (χ1n) is 5.61. The van der Waals surface area contributed by atoms with Crippen LogP contribution >= 0.6 is 11.3 Å². The number of hydrogen-bond acceptors (Lipinski definition) is 4. The summed E-state index contributed by atoms with van der Waals surface area (Å²) in [6, 6.07) is 7.67. The number of carbonyl (C=O) groups excluding carboxylic acids is 1. The number of furan rings is 1. The van der Waals surface area contributed by atoms with E-state index in [9.17, 15) is 4.79 Å². The van der Waals surface area contributed by atoms with E-state index in [1.54, 1.807) is 11.6 Å². The van der Waals surface area contributed by atoms with Crippen LogP contribution in [-0.4, -0.2) is 10.8 Å². The first-order valence-corrected chi connectivity index (χ1v) is 6.49. The van der Waals surface area contributed by atoms with Crippen molar-refractivity contribution in [2.45, 2.75) is 13.8 Å². The van der Waals surface area contributed by atoms with Gasteiger partial charge < -0.3 is 4.42 Å². The van der Waals surface area contributed by atoms with Gasteiger partial charge in [-0.1, -0.05) is 18.2 Å². The minimum atomic E-state index is -0.0920. The van der Waals surface area contributed by atoms with Crippen molar-refractivity contribution in [1.82, 2.24) is 4.98 Å². The molecule has 0 aliphatic carbocycles. The van der Waals surface area contributed by atoms with Crippen molar-refractivity contribution in [3.63, 3.8) is 0 Å². The van der Waals surface area contributed by atoms with Crippen LogP contribution in [0.15, 0.2) is 34.2 Å². The number of thiazole rings is 1. The number of ketones is 1. The Balaban J connectivity index is 2.13. The molecule has 3 nitrogen and oxygen atoms in total. The van der Waals surface area contributed by atoms with Gasteiger partial charge in [0.2, 0.25) is 5.78 Å². The second kappa shape index (κ2) is 4.07. The Morgan fingerprint density at radius 1 is 1.33 bits per heavy atom. The van der Waals surface area contributed by atoms with Crippen molar-refractivity contribution < 1.29 is 9.21 Å². The number of carbonyl (C=O) groups is 1. The zero-order valence-corrected chi connectivity index (χ0v) is 10.9. The van der Waals surface area contributed by atoms with Crippen LogP contribution in [0.1, 0.15) is 26.7 Å². The smallest absolute Gasteiger partial charge is 0.240 e. The summed E-state index contributed by atoms with van der Waals surface area (Å²) >= 11 is 1.35. The lowest BCUT2D eigenvalue weighted by Gasteiger charge is -1.94. The Hall–Kier alpha value is -1.94. The molecule has 0 bridgehead atoms. The highest BCUT2D eigenvalue weighted by Crippen LogP contribution is 2.26. The summed E-state index contributed by atoms with van der Waals surface area (Å²) in [6.07, 6.45) is 0. The highest BCUT2D eigenvalue weighted by atomic mass is 32.1. The molecule has 2 heterocycles. The molecule has 3 rings (SSSR count). The fourth-order valence-corrected chi connectivity index (χ4v) is 2.70. The molecule has 0 spiro atoms. The summed E-state index contributed by atoms with van der Waals surface area (Å²) in [5.74, 6) is 0.289. The van der Waals surface area contributed by atoms with E-state index in [-0.39, 0.29) is 5.78 Å². The van der Waals surface area contributed by atoms with Gasteiger partial charge in [-0.3, -0.25) is 4.79 Å². The number of hydrogen-bond donors (Lipinski definition) is 0. The lowest BCUT2D eigenvalue weighted by molar-refractivity contribution is 0.101. The Morgan fingerprint density at radius 2 is 2.17 bits per heavy atom. The predicted octanol–water partition coefficient (Wildman–Crippen LogP) is 3.74. The molecule has 18 heavy (non-hydrogen) atoms. The average molecular weight is 257 g/mol. The molecule has 1 aromatic carbocycles. The van der Waals surface area contributed by atoms with E-state index in [1.165, 1.54) is 11.3 Å². The highest BCUT2D eigenvalue weighted by molar-refractivity contribution is 7.12. The van der Waals surface area contributed by atoms with Crippen LogP contribution in [-0.2, 0) is 0 Å². The first kappa shape index (κ1) is 11.2. The van der Waals surface area contributed by atoms with Gasteiger partial charge in [-0.25, -0.2) is 4.98 Å². The molecule has 0 N–H and O–H groups in total. The van der Waals surface area contributed by atoms with Gasteiger partial charge in [0, 0.05) is 5.39 Å². The summed E-state index contributed by atoms with van der Waals surface area (Å²) in [7, 11) is 0. The predicted molar refractivity (Wildman–Crippen MR) is 71.2 cm³/mol. The van der Waals surface area contributed by atoms with Crippen molar-refractivity contribution in [1.29, 1.82) is 0 Å². The maximum absolute atomic E-state index is 12.3. The number of fused-ring (bicyclic) bond motifs is 1. The average Bonchev–Trinajstić information content (AvgIpc) is 2.95. The fraction of sp³-hybridized carbons (Fsp3) is 0.143. The van der Waals surface area contributed by atoms with Crippen LogP contribution < -0.4 is 0 Å². The van der Waals surface area contributed by atoms with Crippen LogP contribution in [0.25, 0.3) is 11.0 Å². The first-order chi connectivity index (χ1) is 8.66. The number of aryl methyl sites for hydroxylation is 2. The lowest BCUT2D eigenvalue weighted by atomic mass is 10.1. The molecule has 0 aliphatic heterocycles. The minimum absolute atomic E-state index is 0.0920. The van der Waals surface area contributed by atoms with Gasteiger partial charge in [0.15, 0.2) is 5.76 Å². The van der Waals surface area contributed by atoms with Gasteiger partial charge >= 0.3 is 0 Å². The molecular weight excluding hydrogens is 246 g/mol. The summed E-state index contributed by atoms with van der Waals surface area (Å²) in [4.78, 5) is 17.0. The van der Waals surface area contributed by atoms with Crippen LogP contribution in [0.3, 0.4) is 0 Å². The van der Waals surface area contributed by atoms with E-state index in [0.29, 0.717) is 10.6 Å². The molecule has 90 valence electrons. The molecule has 0 unspecified atom stereocenters. The van der Waals surface area contributed by atoms with Gasteiger partial charge in [-0.05, 0) is 25.5 Å².